The molecule has 1 fully saturated rings. The molecule has 2 aromatic carbocycles. The summed E-state index contributed by atoms with van der Waals surface area (Å²) in [7, 11) is -3.79. The van der Waals surface area contributed by atoms with E-state index in [9.17, 15) is 18.5 Å². The Labute approximate surface area is 187 Å². The predicted molar refractivity (Wildman–Crippen MR) is 122 cm³/mol. The summed E-state index contributed by atoms with van der Waals surface area (Å²) >= 11 is 0. The fraction of sp³-hybridized carbons (Fsp3) is 0.280. The van der Waals surface area contributed by atoms with Gasteiger partial charge >= 0.3 is 0 Å². The number of sulfonamides is 1. The van der Waals surface area contributed by atoms with Crippen molar-refractivity contribution >= 4 is 10.0 Å². The molecule has 2 bridgehead atoms. The lowest BCUT2D eigenvalue weighted by atomic mass is 9.83. The largest absolute Gasteiger partial charge is 0.311 e. The van der Waals surface area contributed by atoms with E-state index in [1.165, 1.54) is 16.4 Å². The molecule has 5 rings (SSSR count). The lowest BCUT2D eigenvalue weighted by Gasteiger charge is -2.42. The molecule has 2 aliphatic rings. The van der Waals surface area contributed by atoms with E-state index in [0.29, 0.717) is 25.2 Å². The Morgan fingerprint density at radius 2 is 1.69 bits per heavy atom. The number of nitrogens with zero attached hydrogens (tertiary/aromatic N) is 3. The van der Waals surface area contributed by atoms with Crippen LogP contribution in [0.3, 0.4) is 0 Å². The van der Waals surface area contributed by atoms with Gasteiger partial charge in [-0.25, -0.2) is 8.42 Å². The van der Waals surface area contributed by atoms with Crippen molar-refractivity contribution in [3.8, 4) is 17.2 Å². The number of hydrogen-bond donors (Lipinski definition) is 0. The van der Waals surface area contributed by atoms with Gasteiger partial charge in [0.25, 0.3) is 5.56 Å². The molecule has 0 radical (unpaired) electrons. The molecule has 3 heterocycles. The number of rotatable bonds is 3. The third-order valence-electron chi connectivity index (χ3n) is 6.63. The fourth-order valence-corrected chi connectivity index (χ4v) is 6.80. The van der Waals surface area contributed by atoms with Crippen molar-refractivity contribution in [3.63, 3.8) is 0 Å². The minimum Gasteiger partial charge on any atom is -0.311 e. The van der Waals surface area contributed by atoms with Crippen molar-refractivity contribution in [3.05, 3.63) is 87.8 Å². The lowest BCUT2D eigenvalue weighted by molar-refractivity contribution is 0.186. The molecule has 1 saturated heterocycles. The maximum atomic E-state index is 13.4. The van der Waals surface area contributed by atoms with Gasteiger partial charge < -0.3 is 4.57 Å². The van der Waals surface area contributed by atoms with Crippen LogP contribution in [-0.2, 0) is 16.6 Å². The van der Waals surface area contributed by atoms with Gasteiger partial charge in [0.2, 0.25) is 10.0 Å². The van der Waals surface area contributed by atoms with E-state index in [4.69, 9.17) is 0 Å². The molecule has 6 nitrogen and oxygen atoms in total. The average Bonchev–Trinajstić information content (AvgIpc) is 2.80. The van der Waals surface area contributed by atoms with Crippen LogP contribution >= 0.6 is 0 Å². The van der Waals surface area contributed by atoms with Gasteiger partial charge in [0.05, 0.1) is 10.5 Å². The number of aromatic nitrogens is 1. The minimum atomic E-state index is -3.79. The molecule has 162 valence electrons. The Bertz CT molecular complexity index is 1420. The van der Waals surface area contributed by atoms with Crippen molar-refractivity contribution in [1.29, 1.82) is 5.26 Å². The van der Waals surface area contributed by atoms with Gasteiger partial charge in [0.15, 0.2) is 0 Å². The maximum Gasteiger partial charge on any atom is 0.258 e. The predicted octanol–water partition coefficient (Wildman–Crippen LogP) is 3.50. The number of benzene rings is 2. The van der Waals surface area contributed by atoms with Crippen LogP contribution in [0.15, 0.2) is 70.4 Å². The van der Waals surface area contributed by atoms with E-state index in [1.807, 2.05) is 54.0 Å². The first-order valence-corrected chi connectivity index (χ1v) is 12.1. The summed E-state index contributed by atoms with van der Waals surface area (Å²) in [6.07, 6.45) is 0.856. The van der Waals surface area contributed by atoms with Crippen LogP contribution in [0.2, 0.25) is 0 Å². The number of aryl methyl sites for hydroxylation is 1. The second-order valence-corrected chi connectivity index (χ2v) is 10.5. The van der Waals surface area contributed by atoms with E-state index in [1.54, 1.807) is 12.1 Å². The minimum absolute atomic E-state index is 0.0161. The highest BCUT2D eigenvalue weighted by molar-refractivity contribution is 7.89. The molecule has 0 unspecified atom stereocenters. The Hall–Kier alpha value is -3.21. The summed E-state index contributed by atoms with van der Waals surface area (Å²) in [5, 5.41) is 9.37. The van der Waals surface area contributed by atoms with Crippen molar-refractivity contribution < 1.29 is 8.42 Å². The van der Waals surface area contributed by atoms with Gasteiger partial charge in [-0.3, -0.25) is 4.79 Å². The zero-order valence-corrected chi connectivity index (χ0v) is 18.5. The highest BCUT2D eigenvalue weighted by Gasteiger charge is 2.40. The number of piperidine rings is 1. The average molecular weight is 446 g/mol. The summed E-state index contributed by atoms with van der Waals surface area (Å²) in [6.45, 7) is 3.15. The third-order valence-corrected chi connectivity index (χ3v) is 8.52. The molecule has 3 aromatic rings. The van der Waals surface area contributed by atoms with E-state index < -0.39 is 10.0 Å². The van der Waals surface area contributed by atoms with Crippen molar-refractivity contribution in [2.75, 3.05) is 13.1 Å². The molecule has 1 aromatic heterocycles. The zero-order chi connectivity index (χ0) is 22.5. The number of fused-ring (bicyclic) bond motifs is 4. The first-order chi connectivity index (χ1) is 15.4. The molecule has 0 amide bonds. The Morgan fingerprint density at radius 3 is 2.47 bits per heavy atom. The summed E-state index contributed by atoms with van der Waals surface area (Å²) < 4.78 is 30.1. The highest BCUT2D eigenvalue weighted by Crippen LogP contribution is 2.38. The van der Waals surface area contributed by atoms with Crippen LogP contribution in [-0.4, -0.2) is 30.4 Å². The topological polar surface area (TPSA) is 83.2 Å². The van der Waals surface area contributed by atoms with Gasteiger partial charge in [-0.2, -0.15) is 9.57 Å². The van der Waals surface area contributed by atoms with Crippen molar-refractivity contribution in [1.82, 2.24) is 8.87 Å². The molecular weight excluding hydrogens is 422 g/mol. The van der Waals surface area contributed by atoms with Gasteiger partial charge in [0, 0.05) is 36.8 Å². The fourth-order valence-electron chi connectivity index (χ4n) is 5.10. The Kier molecular flexibility index (Phi) is 5.00. The van der Waals surface area contributed by atoms with Crippen LogP contribution in [0.5, 0.6) is 0 Å². The van der Waals surface area contributed by atoms with E-state index in [-0.39, 0.29) is 27.9 Å². The van der Waals surface area contributed by atoms with Crippen LogP contribution in [0.1, 0.15) is 29.2 Å². The zero-order valence-electron chi connectivity index (χ0n) is 17.7. The van der Waals surface area contributed by atoms with Crippen LogP contribution < -0.4 is 5.56 Å². The van der Waals surface area contributed by atoms with Gasteiger partial charge in [0.1, 0.15) is 6.07 Å². The van der Waals surface area contributed by atoms with E-state index >= 15 is 0 Å². The molecule has 0 aliphatic carbocycles. The lowest BCUT2D eigenvalue weighted by Crippen LogP contribution is -2.49. The van der Waals surface area contributed by atoms with Crippen molar-refractivity contribution in [2.24, 2.45) is 5.92 Å². The van der Waals surface area contributed by atoms with E-state index in [0.717, 1.165) is 23.2 Å². The van der Waals surface area contributed by atoms with Gasteiger partial charge in [-0.15, -0.1) is 0 Å². The van der Waals surface area contributed by atoms with Gasteiger partial charge in [-0.05, 0) is 54.7 Å². The summed E-state index contributed by atoms with van der Waals surface area (Å²) in [6, 6.07) is 20.0. The monoisotopic (exact) mass is 445 g/mol. The molecule has 0 N–H and O–H groups in total. The van der Waals surface area contributed by atoms with Crippen LogP contribution in [0, 0.1) is 24.2 Å². The first kappa shape index (κ1) is 20.7. The van der Waals surface area contributed by atoms with Crippen LogP contribution in [0.25, 0.3) is 11.1 Å². The molecule has 0 saturated carbocycles. The Morgan fingerprint density at radius 1 is 0.938 bits per heavy atom. The maximum absolute atomic E-state index is 13.4. The number of pyridine rings is 1. The summed E-state index contributed by atoms with van der Waals surface area (Å²) in [5.74, 6) is 0.000219. The molecule has 2 atom stereocenters. The second-order valence-electron chi connectivity index (χ2n) is 8.63. The summed E-state index contributed by atoms with van der Waals surface area (Å²) in [5.41, 5.74) is 3.69. The first-order valence-electron chi connectivity index (χ1n) is 10.7. The standard InChI is InChI=1S/C25H23N3O3S/c1-17-6-2-4-8-21(17)22-10-11-23-20-12-18(15-28(23)25(22)29)14-27(16-20)32(30,31)24-9-5-3-7-19(24)13-26/h2-11,18,20H,12,14-16H2,1H3/t18-,20-/m1/s1. The molecule has 32 heavy (non-hydrogen) atoms. The number of hydrogen-bond acceptors (Lipinski definition) is 4. The SMILES string of the molecule is Cc1ccccc1-c1ccc2n(c1=O)C[C@@H]1C[C@@H]2CN(S(=O)(=O)c2ccccc2C#N)C1. The van der Waals surface area contributed by atoms with Gasteiger partial charge in [-0.1, -0.05) is 36.4 Å². The molecule has 2 aliphatic heterocycles. The van der Waals surface area contributed by atoms with Crippen molar-refractivity contribution in [2.45, 2.75) is 30.7 Å². The van der Waals surface area contributed by atoms with Crippen LogP contribution in [0.4, 0.5) is 0 Å². The molecule has 7 heteroatoms. The molecule has 0 spiro atoms. The quantitative estimate of drug-likeness (QED) is 0.618. The third kappa shape index (κ3) is 3.27. The second kappa shape index (κ2) is 7.73. The number of nitriles is 1. The normalized spacial score (nSPS) is 20.4. The molecular formula is C25H23N3O3S. The van der Waals surface area contributed by atoms with E-state index in [2.05, 4.69) is 0 Å². The smallest absolute Gasteiger partial charge is 0.258 e. The Balaban J connectivity index is 1.52. The highest BCUT2D eigenvalue weighted by atomic mass is 32.2. The summed E-state index contributed by atoms with van der Waals surface area (Å²) in [4.78, 5) is 13.4.